The molecule has 0 radical (unpaired) electrons. The summed E-state index contributed by atoms with van der Waals surface area (Å²) in [4.78, 5) is 53.8. The van der Waals surface area contributed by atoms with Crippen LogP contribution < -0.4 is 0 Å². The van der Waals surface area contributed by atoms with E-state index in [0.29, 0.717) is 17.0 Å². The van der Waals surface area contributed by atoms with E-state index in [-0.39, 0.29) is 16.5 Å². The lowest BCUT2D eigenvalue weighted by Gasteiger charge is -2.35. The third-order valence-electron chi connectivity index (χ3n) is 6.25. The molecule has 0 saturated carbocycles. The average Bonchev–Trinajstić information content (AvgIpc) is 3.05. The van der Waals surface area contributed by atoms with Crippen molar-refractivity contribution in [3.8, 4) is 0 Å². The van der Waals surface area contributed by atoms with E-state index < -0.39 is 41.4 Å². The molecule has 1 saturated heterocycles. The fraction of sp³-hybridized carbons (Fsp3) is 0.280. The minimum atomic E-state index is -1.15. The van der Waals surface area contributed by atoms with Gasteiger partial charge in [0.2, 0.25) is 0 Å². The largest absolute Gasteiger partial charge is 0.292 e. The van der Waals surface area contributed by atoms with Gasteiger partial charge >= 0.3 is 0 Å². The first kappa shape index (κ1) is 23.2. The molecule has 2 aromatic carbocycles. The van der Waals surface area contributed by atoms with Crippen LogP contribution in [-0.4, -0.2) is 39.6 Å². The van der Waals surface area contributed by atoms with Gasteiger partial charge in [0.25, 0.3) is 17.7 Å². The Bertz CT molecular complexity index is 1160. The van der Waals surface area contributed by atoms with Crippen LogP contribution in [0.4, 0.5) is 0 Å². The van der Waals surface area contributed by atoms with E-state index >= 15 is 0 Å². The van der Waals surface area contributed by atoms with Crippen molar-refractivity contribution in [3.63, 3.8) is 0 Å². The van der Waals surface area contributed by atoms with Crippen LogP contribution in [0.5, 0.6) is 0 Å². The van der Waals surface area contributed by atoms with Crippen molar-refractivity contribution < 1.29 is 19.2 Å². The molecule has 0 unspecified atom stereocenters. The molecule has 1 fully saturated rings. The number of imide groups is 1. The molecule has 6 nitrogen and oxygen atoms in total. The molecule has 170 valence electrons. The number of nitrogens with zero attached hydrogens (tertiary/aromatic N) is 2. The van der Waals surface area contributed by atoms with Gasteiger partial charge in [-0.25, -0.2) is 5.01 Å². The second-order valence-corrected chi connectivity index (χ2v) is 9.16. The monoisotopic (exact) mass is 484 g/mol. The lowest BCUT2D eigenvalue weighted by atomic mass is 9.78. The molecule has 0 bridgehead atoms. The Morgan fingerprint density at radius 2 is 1.70 bits per heavy atom. The van der Waals surface area contributed by atoms with Gasteiger partial charge in [0.1, 0.15) is 6.04 Å². The molecule has 1 aliphatic heterocycles. The maximum atomic E-state index is 13.7. The highest BCUT2D eigenvalue weighted by molar-refractivity contribution is 6.34. The Balaban J connectivity index is 1.78. The van der Waals surface area contributed by atoms with E-state index in [2.05, 4.69) is 0 Å². The van der Waals surface area contributed by atoms with Crippen LogP contribution in [0.25, 0.3) is 0 Å². The second-order valence-electron chi connectivity index (χ2n) is 8.32. The summed E-state index contributed by atoms with van der Waals surface area (Å²) in [7, 11) is 0. The van der Waals surface area contributed by atoms with Crippen molar-refractivity contribution in [3.05, 3.63) is 81.9 Å². The van der Waals surface area contributed by atoms with Crippen molar-refractivity contribution in [2.45, 2.75) is 26.3 Å². The highest BCUT2D eigenvalue weighted by Gasteiger charge is 2.54. The van der Waals surface area contributed by atoms with Crippen LogP contribution in [0.1, 0.15) is 41.0 Å². The summed E-state index contributed by atoms with van der Waals surface area (Å²) in [6, 6.07) is 11.4. The number of Topliss-reactive ketones (excluding diaryl/α,β-unsaturated/α-hetero) is 1. The number of ketones is 1. The predicted molar refractivity (Wildman–Crippen MR) is 125 cm³/mol. The number of benzene rings is 2. The van der Waals surface area contributed by atoms with Crippen molar-refractivity contribution in [1.82, 2.24) is 10.0 Å². The summed E-state index contributed by atoms with van der Waals surface area (Å²) in [6.07, 6.45) is 4.19. The Morgan fingerprint density at radius 3 is 2.33 bits per heavy atom. The fourth-order valence-corrected chi connectivity index (χ4v) is 4.85. The fourth-order valence-electron chi connectivity index (χ4n) is 4.51. The zero-order valence-corrected chi connectivity index (χ0v) is 19.6. The summed E-state index contributed by atoms with van der Waals surface area (Å²) in [6.45, 7) is 3.36. The molecule has 4 atom stereocenters. The SMILES string of the molecule is C[C@@H]1C=CC[C@@H]2C(=O)N(N(C(=O)c3ccccc3Cl)[C@H](C)C(=O)c3ccc(Cl)cc3)C(=O)[C@@H]12. The molecule has 0 N–H and O–H groups in total. The highest BCUT2D eigenvalue weighted by atomic mass is 35.5. The second kappa shape index (κ2) is 9.12. The van der Waals surface area contributed by atoms with Crippen molar-refractivity contribution in [2.75, 3.05) is 0 Å². The summed E-state index contributed by atoms with van der Waals surface area (Å²) < 4.78 is 0. The topological polar surface area (TPSA) is 74.8 Å². The van der Waals surface area contributed by atoms with Crippen molar-refractivity contribution in [2.24, 2.45) is 17.8 Å². The predicted octanol–water partition coefficient (Wildman–Crippen LogP) is 4.82. The minimum Gasteiger partial charge on any atom is -0.292 e. The first-order valence-corrected chi connectivity index (χ1v) is 11.4. The summed E-state index contributed by atoms with van der Waals surface area (Å²) in [5, 5.41) is 2.44. The molecule has 2 aliphatic rings. The van der Waals surface area contributed by atoms with Crippen LogP contribution in [0.15, 0.2) is 60.7 Å². The number of fused-ring (bicyclic) bond motifs is 1. The molecule has 3 amide bonds. The van der Waals surface area contributed by atoms with Crippen LogP contribution in [0.2, 0.25) is 10.0 Å². The average molecular weight is 485 g/mol. The molecule has 2 aromatic rings. The standard InChI is InChI=1S/C25H22Cl2N2O4/c1-14-6-5-8-19-21(14)25(33)29(24(19)32)28(23(31)18-7-3-4-9-20(18)27)15(2)22(30)16-10-12-17(26)13-11-16/h3-7,9-15,19,21H,8H2,1-2H3/t14-,15-,19+,21+/m1/s1. The molecule has 1 heterocycles. The zero-order chi connectivity index (χ0) is 23.9. The molecule has 33 heavy (non-hydrogen) atoms. The van der Waals surface area contributed by atoms with Gasteiger partial charge in [-0.1, -0.05) is 54.4 Å². The van der Waals surface area contributed by atoms with Crippen molar-refractivity contribution >= 4 is 46.7 Å². The summed E-state index contributed by atoms with van der Waals surface area (Å²) in [5.41, 5.74) is 0.395. The lowest BCUT2D eigenvalue weighted by Crippen LogP contribution is -2.56. The van der Waals surface area contributed by atoms with Crippen molar-refractivity contribution in [1.29, 1.82) is 0 Å². The van der Waals surface area contributed by atoms with E-state index in [1.54, 1.807) is 36.4 Å². The van der Waals surface area contributed by atoms with Crippen LogP contribution >= 0.6 is 23.2 Å². The Kier molecular flexibility index (Phi) is 6.41. The maximum absolute atomic E-state index is 13.7. The number of hydrogen-bond acceptors (Lipinski definition) is 4. The van der Waals surface area contributed by atoms with Gasteiger partial charge in [0.15, 0.2) is 5.78 Å². The minimum absolute atomic E-state index is 0.0940. The molecule has 4 rings (SSSR count). The molecule has 8 heteroatoms. The number of hydrogen-bond donors (Lipinski definition) is 0. The lowest BCUT2D eigenvalue weighted by molar-refractivity contribution is -0.156. The summed E-state index contributed by atoms with van der Waals surface area (Å²) in [5.74, 6) is -3.43. The number of carbonyl (C=O) groups excluding carboxylic acids is 4. The number of amides is 3. The Labute approximate surface area is 201 Å². The number of carbonyl (C=O) groups is 4. The highest BCUT2D eigenvalue weighted by Crippen LogP contribution is 2.40. The summed E-state index contributed by atoms with van der Waals surface area (Å²) >= 11 is 12.2. The van der Waals surface area contributed by atoms with E-state index in [1.807, 2.05) is 19.1 Å². The van der Waals surface area contributed by atoms with E-state index in [1.165, 1.54) is 19.1 Å². The number of allylic oxidation sites excluding steroid dienone is 2. The number of halogens is 2. The van der Waals surface area contributed by atoms with Gasteiger partial charge < -0.3 is 0 Å². The molecule has 1 aliphatic carbocycles. The van der Waals surface area contributed by atoms with Gasteiger partial charge in [0.05, 0.1) is 22.4 Å². The van der Waals surface area contributed by atoms with E-state index in [4.69, 9.17) is 23.2 Å². The van der Waals surface area contributed by atoms with Crippen LogP contribution in [0.3, 0.4) is 0 Å². The van der Waals surface area contributed by atoms with E-state index in [0.717, 1.165) is 10.0 Å². The van der Waals surface area contributed by atoms with Gasteiger partial charge in [-0.15, -0.1) is 0 Å². The quantitative estimate of drug-likeness (QED) is 0.346. The van der Waals surface area contributed by atoms with Gasteiger partial charge in [-0.05, 0) is 55.7 Å². The van der Waals surface area contributed by atoms with Gasteiger partial charge in [0, 0.05) is 10.6 Å². The zero-order valence-electron chi connectivity index (χ0n) is 18.1. The third kappa shape index (κ3) is 4.09. The first-order valence-electron chi connectivity index (χ1n) is 10.6. The molecule has 0 aromatic heterocycles. The molecule has 0 spiro atoms. The van der Waals surface area contributed by atoms with E-state index in [9.17, 15) is 19.2 Å². The molecular formula is C25H22Cl2N2O4. The Morgan fingerprint density at radius 1 is 1.03 bits per heavy atom. The number of hydrazine groups is 1. The first-order chi connectivity index (χ1) is 15.7. The third-order valence-corrected chi connectivity index (χ3v) is 6.83. The Hall–Kier alpha value is -2.96. The van der Waals surface area contributed by atoms with Crippen LogP contribution in [-0.2, 0) is 9.59 Å². The van der Waals surface area contributed by atoms with Gasteiger partial charge in [-0.2, -0.15) is 5.01 Å². The smallest absolute Gasteiger partial charge is 0.275 e. The molecular weight excluding hydrogens is 463 g/mol. The maximum Gasteiger partial charge on any atom is 0.275 e. The van der Waals surface area contributed by atoms with Gasteiger partial charge in [-0.3, -0.25) is 19.2 Å². The van der Waals surface area contributed by atoms with Crippen LogP contribution in [0, 0.1) is 17.8 Å². The number of rotatable bonds is 5. The normalized spacial score (nSPS) is 22.8.